The van der Waals surface area contributed by atoms with Crippen LogP contribution in [0, 0.1) is 0 Å². The topological polar surface area (TPSA) is 77.8 Å². The Morgan fingerprint density at radius 1 is 1.44 bits per heavy atom. The van der Waals surface area contributed by atoms with Crippen LogP contribution in [-0.4, -0.2) is 34.0 Å². The Hall–Kier alpha value is -0.450. The number of aliphatic hydroxyl groups excluding tert-OH is 1. The lowest BCUT2D eigenvalue weighted by atomic mass is 10.2. The first-order valence-corrected chi connectivity index (χ1v) is 2.61. The minimum atomic E-state index is -2.08. The van der Waals surface area contributed by atoms with E-state index in [1.807, 2.05) is 0 Å². The maximum Gasteiger partial charge on any atom is 0.186 e. The summed E-state index contributed by atoms with van der Waals surface area (Å²) in [7, 11) is 0. The van der Waals surface area contributed by atoms with Crippen molar-refractivity contribution >= 4 is 6.29 Å². The highest BCUT2D eigenvalue weighted by Gasteiger charge is 2.19. The zero-order valence-corrected chi connectivity index (χ0v) is 4.95. The van der Waals surface area contributed by atoms with Crippen LogP contribution in [-0.2, 0) is 4.79 Å². The molecule has 4 heteroatoms. The Kier molecular flexibility index (Phi) is 3.37. The van der Waals surface area contributed by atoms with Crippen molar-refractivity contribution in [3.63, 3.8) is 0 Å². The zero-order valence-electron chi connectivity index (χ0n) is 4.95. The van der Waals surface area contributed by atoms with Gasteiger partial charge < -0.3 is 20.1 Å². The van der Waals surface area contributed by atoms with Gasteiger partial charge in [0.2, 0.25) is 0 Å². The summed E-state index contributed by atoms with van der Waals surface area (Å²) in [5.74, 6) is -2.08. The summed E-state index contributed by atoms with van der Waals surface area (Å²) in [6.45, 7) is -0.735. The molecule has 0 aromatic rings. The molecule has 0 rings (SSSR count). The average Bonchev–Trinajstić information content (AvgIpc) is 1.84. The van der Waals surface area contributed by atoms with Crippen LogP contribution in [0.15, 0.2) is 0 Å². The van der Waals surface area contributed by atoms with Crippen molar-refractivity contribution in [2.75, 3.05) is 6.61 Å². The molecule has 3 N–H and O–H groups in total. The van der Waals surface area contributed by atoms with Crippen LogP contribution in [0.1, 0.15) is 12.8 Å². The molecule has 4 nitrogen and oxygen atoms in total. The summed E-state index contributed by atoms with van der Waals surface area (Å²) >= 11 is 0. The first-order chi connectivity index (χ1) is 4.12. The molecule has 0 fully saturated rings. The minimum absolute atomic E-state index is 0.0492. The van der Waals surface area contributed by atoms with E-state index < -0.39 is 12.4 Å². The van der Waals surface area contributed by atoms with E-state index in [4.69, 9.17) is 15.3 Å². The summed E-state index contributed by atoms with van der Waals surface area (Å²) < 4.78 is 0. The third-order valence-corrected chi connectivity index (χ3v) is 0.916. The monoisotopic (exact) mass is 134 g/mol. The van der Waals surface area contributed by atoms with Crippen molar-refractivity contribution in [2.24, 2.45) is 0 Å². The Morgan fingerprint density at radius 3 is 2.33 bits per heavy atom. The summed E-state index contributed by atoms with van der Waals surface area (Å²) in [6, 6.07) is 0. The molecule has 0 spiro atoms. The van der Waals surface area contributed by atoms with Gasteiger partial charge in [0.1, 0.15) is 6.29 Å². The zero-order chi connectivity index (χ0) is 7.33. The summed E-state index contributed by atoms with van der Waals surface area (Å²) in [5.41, 5.74) is 0. The van der Waals surface area contributed by atoms with Gasteiger partial charge in [-0.25, -0.2) is 0 Å². The lowest BCUT2D eigenvalue weighted by molar-refractivity contribution is -0.190. The lowest BCUT2D eigenvalue weighted by Gasteiger charge is -2.16. The fourth-order valence-corrected chi connectivity index (χ4v) is 0.369. The van der Waals surface area contributed by atoms with Gasteiger partial charge in [-0.1, -0.05) is 0 Å². The molecule has 0 saturated heterocycles. The molecule has 0 aliphatic heterocycles. The molecule has 0 heterocycles. The van der Waals surface area contributed by atoms with Gasteiger partial charge in [-0.15, -0.1) is 0 Å². The van der Waals surface area contributed by atoms with Gasteiger partial charge in [0, 0.05) is 12.8 Å². The van der Waals surface area contributed by atoms with Gasteiger partial charge in [-0.05, 0) is 0 Å². The molecule has 0 aliphatic carbocycles. The maximum atomic E-state index is 9.66. The van der Waals surface area contributed by atoms with E-state index >= 15 is 0 Å². The SMILES string of the molecule is O=CCCC(O)(O)CO. The molecule has 0 radical (unpaired) electrons. The second-order valence-electron chi connectivity index (χ2n) is 1.85. The predicted molar refractivity (Wildman–Crippen MR) is 29.6 cm³/mol. The fourth-order valence-electron chi connectivity index (χ4n) is 0.369. The van der Waals surface area contributed by atoms with Crippen molar-refractivity contribution < 1.29 is 20.1 Å². The van der Waals surface area contributed by atoms with Crippen molar-refractivity contribution in [1.29, 1.82) is 0 Å². The molecular weight excluding hydrogens is 124 g/mol. The molecule has 0 aromatic carbocycles. The van der Waals surface area contributed by atoms with Crippen LogP contribution >= 0.6 is 0 Å². The van der Waals surface area contributed by atoms with E-state index in [2.05, 4.69) is 0 Å². The van der Waals surface area contributed by atoms with E-state index in [9.17, 15) is 4.79 Å². The highest BCUT2D eigenvalue weighted by molar-refractivity contribution is 5.49. The normalized spacial score (nSPS) is 11.4. The van der Waals surface area contributed by atoms with Crippen LogP contribution in [0.25, 0.3) is 0 Å². The van der Waals surface area contributed by atoms with E-state index in [0.29, 0.717) is 6.29 Å². The molecule has 9 heavy (non-hydrogen) atoms. The van der Waals surface area contributed by atoms with Crippen molar-refractivity contribution in [3.8, 4) is 0 Å². The highest BCUT2D eigenvalue weighted by Crippen LogP contribution is 2.05. The quantitative estimate of drug-likeness (QED) is 0.328. The molecule has 0 atom stereocenters. The second-order valence-corrected chi connectivity index (χ2v) is 1.85. The van der Waals surface area contributed by atoms with Crippen LogP contribution < -0.4 is 0 Å². The lowest BCUT2D eigenvalue weighted by Crippen LogP contribution is -2.32. The summed E-state index contributed by atoms with van der Waals surface area (Å²) in [4.78, 5) is 9.66. The third kappa shape index (κ3) is 4.08. The number of aldehydes is 1. The molecular formula is C5H10O4. The van der Waals surface area contributed by atoms with Gasteiger partial charge in [-0.3, -0.25) is 0 Å². The van der Waals surface area contributed by atoms with Gasteiger partial charge in [0.15, 0.2) is 5.79 Å². The first-order valence-electron chi connectivity index (χ1n) is 2.61. The van der Waals surface area contributed by atoms with Crippen molar-refractivity contribution in [1.82, 2.24) is 0 Å². The molecule has 0 bridgehead atoms. The van der Waals surface area contributed by atoms with Gasteiger partial charge in [-0.2, -0.15) is 0 Å². The standard InChI is InChI=1S/C5H10O4/c6-3-1-2-5(8,9)4-7/h3,7-9H,1-2,4H2. The van der Waals surface area contributed by atoms with Crippen LogP contribution in [0.2, 0.25) is 0 Å². The minimum Gasteiger partial charge on any atom is -0.391 e. The van der Waals surface area contributed by atoms with Gasteiger partial charge in [0.25, 0.3) is 0 Å². The van der Waals surface area contributed by atoms with Crippen LogP contribution in [0.3, 0.4) is 0 Å². The van der Waals surface area contributed by atoms with E-state index in [-0.39, 0.29) is 12.8 Å². The van der Waals surface area contributed by atoms with Crippen LogP contribution in [0.5, 0.6) is 0 Å². The van der Waals surface area contributed by atoms with Gasteiger partial charge in [0.05, 0.1) is 6.61 Å². The smallest absolute Gasteiger partial charge is 0.186 e. The Bertz CT molecular complexity index is 89.0. The van der Waals surface area contributed by atoms with Crippen molar-refractivity contribution in [2.45, 2.75) is 18.6 Å². The van der Waals surface area contributed by atoms with Gasteiger partial charge >= 0.3 is 0 Å². The molecule has 0 saturated carbocycles. The number of hydrogen-bond donors (Lipinski definition) is 3. The van der Waals surface area contributed by atoms with E-state index in [1.54, 1.807) is 0 Å². The number of carbonyl (C=O) groups is 1. The number of carbonyl (C=O) groups excluding carboxylic acids is 1. The largest absolute Gasteiger partial charge is 0.391 e. The van der Waals surface area contributed by atoms with E-state index in [1.165, 1.54) is 0 Å². The third-order valence-electron chi connectivity index (χ3n) is 0.916. The number of aliphatic hydroxyl groups is 3. The second kappa shape index (κ2) is 3.55. The summed E-state index contributed by atoms with van der Waals surface area (Å²) in [6.07, 6.45) is 0.497. The molecule has 0 amide bonds. The first kappa shape index (κ1) is 8.55. The molecule has 0 aliphatic rings. The molecule has 54 valence electrons. The Balaban J connectivity index is 3.44. The number of rotatable bonds is 4. The molecule has 0 aromatic heterocycles. The predicted octanol–water partition coefficient (Wildman–Crippen LogP) is -1.36. The number of hydrogen-bond acceptors (Lipinski definition) is 4. The molecule has 0 unspecified atom stereocenters. The van der Waals surface area contributed by atoms with Crippen LogP contribution in [0.4, 0.5) is 0 Å². The maximum absolute atomic E-state index is 9.66. The summed E-state index contributed by atoms with van der Waals surface area (Å²) in [5, 5.41) is 25.4. The van der Waals surface area contributed by atoms with Crippen molar-refractivity contribution in [3.05, 3.63) is 0 Å². The Labute approximate surface area is 52.7 Å². The van der Waals surface area contributed by atoms with E-state index in [0.717, 1.165) is 0 Å². The average molecular weight is 134 g/mol. The highest BCUT2D eigenvalue weighted by atomic mass is 16.5. The Morgan fingerprint density at radius 2 is 2.00 bits per heavy atom. The fraction of sp³-hybridized carbons (Fsp3) is 0.800.